The van der Waals surface area contributed by atoms with E-state index in [2.05, 4.69) is 37.2 Å². The van der Waals surface area contributed by atoms with E-state index in [9.17, 15) is 4.79 Å². The average molecular weight is 253 g/mol. The standard InChI is InChI=1S/C5H3Br2NO/c6-2-4-3(7)1-5(9)8-4/h1-2H,(H,8,9)/b4-2+. The molecular weight excluding hydrogens is 250 g/mol. The Morgan fingerprint density at radius 1 is 1.67 bits per heavy atom. The van der Waals surface area contributed by atoms with Crippen LogP contribution in [0.4, 0.5) is 0 Å². The molecule has 4 heteroatoms. The van der Waals surface area contributed by atoms with Crippen LogP contribution in [0.2, 0.25) is 0 Å². The molecule has 0 bridgehead atoms. The maximum absolute atomic E-state index is 10.5. The second-order valence-corrected chi connectivity index (χ2v) is 2.82. The van der Waals surface area contributed by atoms with Gasteiger partial charge in [0.1, 0.15) is 0 Å². The Kier molecular flexibility index (Phi) is 2.08. The molecule has 0 unspecified atom stereocenters. The molecule has 0 radical (unpaired) electrons. The van der Waals surface area contributed by atoms with Crippen molar-refractivity contribution in [1.29, 1.82) is 0 Å². The zero-order chi connectivity index (χ0) is 6.85. The quantitative estimate of drug-likeness (QED) is 0.698. The van der Waals surface area contributed by atoms with Crippen LogP contribution in [-0.4, -0.2) is 5.91 Å². The molecule has 1 heterocycles. The van der Waals surface area contributed by atoms with Crippen LogP contribution in [0.5, 0.6) is 0 Å². The smallest absolute Gasteiger partial charge is 0.249 e. The number of hydrogen-bond donors (Lipinski definition) is 1. The van der Waals surface area contributed by atoms with Crippen molar-refractivity contribution in [2.75, 3.05) is 0 Å². The molecule has 0 saturated heterocycles. The summed E-state index contributed by atoms with van der Waals surface area (Å²) in [7, 11) is 0. The van der Waals surface area contributed by atoms with E-state index in [-0.39, 0.29) is 5.91 Å². The van der Waals surface area contributed by atoms with Crippen molar-refractivity contribution < 1.29 is 4.79 Å². The molecule has 48 valence electrons. The van der Waals surface area contributed by atoms with Crippen molar-refractivity contribution in [3.63, 3.8) is 0 Å². The molecule has 0 spiro atoms. The predicted octanol–water partition coefficient (Wildman–Crippen LogP) is 1.63. The van der Waals surface area contributed by atoms with E-state index in [0.29, 0.717) is 0 Å². The maximum atomic E-state index is 10.5. The molecule has 2 nitrogen and oxygen atoms in total. The fourth-order valence-electron chi connectivity index (χ4n) is 0.501. The van der Waals surface area contributed by atoms with Crippen LogP contribution >= 0.6 is 31.9 Å². The lowest BCUT2D eigenvalue weighted by atomic mass is 10.5. The zero-order valence-electron chi connectivity index (χ0n) is 4.32. The highest BCUT2D eigenvalue weighted by atomic mass is 79.9. The number of halogens is 2. The van der Waals surface area contributed by atoms with Crippen molar-refractivity contribution in [1.82, 2.24) is 5.32 Å². The topological polar surface area (TPSA) is 29.1 Å². The molecule has 0 aliphatic carbocycles. The Morgan fingerprint density at radius 2 is 2.33 bits per heavy atom. The van der Waals surface area contributed by atoms with Gasteiger partial charge in [-0.3, -0.25) is 4.79 Å². The Labute approximate surface area is 69.3 Å². The lowest BCUT2D eigenvalue weighted by Crippen LogP contribution is -2.12. The van der Waals surface area contributed by atoms with Crippen molar-refractivity contribution in [2.24, 2.45) is 0 Å². The third-order valence-electron chi connectivity index (χ3n) is 0.882. The van der Waals surface area contributed by atoms with Crippen LogP contribution in [0.15, 0.2) is 21.2 Å². The summed E-state index contributed by atoms with van der Waals surface area (Å²) in [6.07, 6.45) is 1.48. The first-order valence-corrected chi connectivity index (χ1v) is 3.94. The molecule has 0 aromatic carbocycles. The Bertz CT molecular complexity index is 207. The van der Waals surface area contributed by atoms with Gasteiger partial charge in [0, 0.05) is 15.5 Å². The summed E-state index contributed by atoms with van der Waals surface area (Å²) in [5, 5.41) is 2.59. The van der Waals surface area contributed by atoms with Gasteiger partial charge in [0.25, 0.3) is 0 Å². The molecule has 1 amide bonds. The highest BCUT2D eigenvalue weighted by Gasteiger charge is 2.12. The van der Waals surface area contributed by atoms with Crippen LogP contribution in [0.1, 0.15) is 0 Å². The van der Waals surface area contributed by atoms with E-state index in [1.807, 2.05) is 0 Å². The number of allylic oxidation sites excluding steroid dienone is 1. The second-order valence-electron chi connectivity index (χ2n) is 1.50. The van der Waals surface area contributed by atoms with Gasteiger partial charge in [-0.2, -0.15) is 0 Å². The van der Waals surface area contributed by atoms with Gasteiger partial charge in [0.2, 0.25) is 5.91 Å². The summed E-state index contributed by atoms with van der Waals surface area (Å²) in [4.78, 5) is 12.2. The van der Waals surface area contributed by atoms with Gasteiger partial charge in [-0.1, -0.05) is 15.9 Å². The van der Waals surface area contributed by atoms with Crippen LogP contribution in [0.3, 0.4) is 0 Å². The largest absolute Gasteiger partial charge is 0.321 e. The number of hydrogen-bond acceptors (Lipinski definition) is 1. The van der Waals surface area contributed by atoms with Crippen molar-refractivity contribution in [2.45, 2.75) is 0 Å². The molecule has 1 aliphatic heterocycles. The number of amides is 1. The van der Waals surface area contributed by atoms with Crippen LogP contribution in [-0.2, 0) is 4.79 Å². The Hall–Kier alpha value is -0.0900. The van der Waals surface area contributed by atoms with Crippen LogP contribution in [0.25, 0.3) is 0 Å². The summed E-state index contributed by atoms with van der Waals surface area (Å²) in [5.41, 5.74) is 0.764. The minimum absolute atomic E-state index is 0.0902. The molecule has 0 aromatic rings. The van der Waals surface area contributed by atoms with Crippen molar-refractivity contribution in [3.8, 4) is 0 Å². The molecule has 9 heavy (non-hydrogen) atoms. The fraction of sp³-hybridized carbons (Fsp3) is 0. The Morgan fingerprint density at radius 3 is 2.56 bits per heavy atom. The van der Waals surface area contributed by atoms with Gasteiger partial charge < -0.3 is 5.32 Å². The monoisotopic (exact) mass is 251 g/mol. The molecular formula is C5H3Br2NO. The van der Waals surface area contributed by atoms with E-state index in [0.717, 1.165) is 10.2 Å². The number of carbonyl (C=O) groups excluding carboxylic acids is 1. The highest BCUT2D eigenvalue weighted by molar-refractivity contribution is 9.12. The molecule has 1 aliphatic rings. The van der Waals surface area contributed by atoms with Gasteiger partial charge in [-0.25, -0.2) is 0 Å². The van der Waals surface area contributed by atoms with Gasteiger partial charge in [0.05, 0.1) is 5.70 Å². The lowest BCUT2D eigenvalue weighted by molar-refractivity contribution is -0.115. The SMILES string of the molecule is O=C1C=C(Br)/C(=C\Br)N1. The number of nitrogens with one attached hydrogen (secondary N) is 1. The van der Waals surface area contributed by atoms with E-state index in [1.54, 1.807) is 4.99 Å². The first-order valence-electron chi connectivity index (χ1n) is 2.23. The van der Waals surface area contributed by atoms with E-state index in [4.69, 9.17) is 0 Å². The lowest BCUT2D eigenvalue weighted by Gasteiger charge is -1.92. The fourth-order valence-corrected chi connectivity index (χ4v) is 1.59. The van der Waals surface area contributed by atoms with Crippen LogP contribution in [0, 0.1) is 0 Å². The molecule has 0 saturated carbocycles. The van der Waals surface area contributed by atoms with Gasteiger partial charge in [-0.15, -0.1) is 0 Å². The summed E-state index contributed by atoms with van der Waals surface area (Å²) in [6, 6.07) is 0. The summed E-state index contributed by atoms with van der Waals surface area (Å²) >= 11 is 6.28. The van der Waals surface area contributed by atoms with Gasteiger partial charge in [-0.05, 0) is 15.9 Å². The summed E-state index contributed by atoms with van der Waals surface area (Å²) in [6.45, 7) is 0. The maximum Gasteiger partial charge on any atom is 0.249 e. The summed E-state index contributed by atoms with van der Waals surface area (Å²) in [5.74, 6) is -0.0902. The molecule has 1 N–H and O–H groups in total. The Balaban J connectivity index is 2.89. The molecule has 0 aromatic heterocycles. The van der Waals surface area contributed by atoms with Crippen molar-refractivity contribution in [3.05, 3.63) is 21.2 Å². The zero-order valence-corrected chi connectivity index (χ0v) is 7.49. The first kappa shape index (κ1) is 7.02. The first-order chi connectivity index (χ1) is 4.24. The predicted molar refractivity (Wildman–Crippen MR) is 42.2 cm³/mol. The normalized spacial score (nSPS) is 22.2. The molecule has 0 fully saturated rings. The summed E-state index contributed by atoms with van der Waals surface area (Å²) < 4.78 is 0.782. The van der Waals surface area contributed by atoms with E-state index in [1.165, 1.54) is 6.08 Å². The minimum atomic E-state index is -0.0902. The van der Waals surface area contributed by atoms with E-state index >= 15 is 0 Å². The van der Waals surface area contributed by atoms with Crippen molar-refractivity contribution >= 4 is 37.8 Å². The molecule has 1 rings (SSSR count). The van der Waals surface area contributed by atoms with Gasteiger partial charge >= 0.3 is 0 Å². The molecule has 0 atom stereocenters. The number of carbonyl (C=O) groups is 1. The van der Waals surface area contributed by atoms with E-state index < -0.39 is 0 Å². The highest BCUT2D eigenvalue weighted by Crippen LogP contribution is 2.20. The average Bonchev–Trinajstić information content (AvgIpc) is 2.10. The third kappa shape index (κ3) is 1.43. The second kappa shape index (κ2) is 2.66. The van der Waals surface area contributed by atoms with Crippen LogP contribution < -0.4 is 5.32 Å². The third-order valence-corrected chi connectivity index (χ3v) is 2.00. The van der Waals surface area contributed by atoms with Gasteiger partial charge in [0.15, 0.2) is 0 Å². The number of rotatable bonds is 0. The minimum Gasteiger partial charge on any atom is -0.321 e.